The average molecular weight is 425 g/mol. The Labute approximate surface area is 177 Å². The number of hydrogen-bond donors (Lipinski definition) is 2. The van der Waals surface area contributed by atoms with Gasteiger partial charge in [0.15, 0.2) is 0 Å². The van der Waals surface area contributed by atoms with E-state index in [1.807, 2.05) is 66.7 Å². The minimum Gasteiger partial charge on any atom is -0.398 e. The number of primary sulfonamides is 1. The Hall–Kier alpha value is -2.96. The lowest BCUT2D eigenvalue weighted by atomic mass is 9.92. The molecule has 0 amide bonds. The highest BCUT2D eigenvalue weighted by Crippen LogP contribution is 2.32. The Morgan fingerprint density at radius 2 is 1.43 bits per heavy atom. The number of rotatable bonds is 8. The molecule has 0 spiro atoms. The molecule has 0 atom stereocenters. The number of nitrogens with two attached hydrogens (primary N) is 2. The van der Waals surface area contributed by atoms with Gasteiger partial charge >= 0.3 is 0 Å². The van der Waals surface area contributed by atoms with Crippen LogP contribution in [-0.4, -0.2) is 15.1 Å². The van der Waals surface area contributed by atoms with Gasteiger partial charge in [-0.05, 0) is 59.7 Å². The van der Waals surface area contributed by atoms with Crippen LogP contribution in [0.3, 0.4) is 0 Å². The molecule has 0 saturated heterocycles. The second-order valence-electron chi connectivity index (χ2n) is 7.03. The molecule has 3 rings (SSSR count). The Balaban J connectivity index is 2.26. The molecule has 0 aliphatic rings. The number of benzene rings is 3. The van der Waals surface area contributed by atoms with E-state index >= 15 is 0 Å². The second-order valence-corrected chi connectivity index (χ2v) is 8.56. The van der Waals surface area contributed by atoms with Crippen LogP contribution >= 0.6 is 0 Å². The summed E-state index contributed by atoms with van der Waals surface area (Å²) in [5.41, 5.74) is 10.7. The highest BCUT2D eigenvalue weighted by atomic mass is 32.2. The lowest BCUT2D eigenvalue weighted by Gasteiger charge is -2.16. The maximum atomic E-state index is 12.7. The summed E-state index contributed by atoms with van der Waals surface area (Å²) in [7, 11) is -3.95. The minimum absolute atomic E-state index is 0.0299. The van der Waals surface area contributed by atoms with E-state index in [4.69, 9.17) is 10.9 Å². The summed E-state index contributed by atoms with van der Waals surface area (Å²) in [5, 5.41) is 5.47. The van der Waals surface area contributed by atoms with Gasteiger partial charge in [-0.1, -0.05) is 60.7 Å². The van der Waals surface area contributed by atoms with Crippen molar-refractivity contribution in [2.75, 3.05) is 12.4 Å². The molecule has 0 saturated carbocycles. The first-order valence-corrected chi connectivity index (χ1v) is 11.3. The number of unbranched alkanes of at least 4 members (excludes halogenated alkanes) is 1. The summed E-state index contributed by atoms with van der Waals surface area (Å²) in [6.07, 6.45) is 3.10. The number of hydrogen-bond acceptors (Lipinski definition) is 3. The smallest absolute Gasteiger partial charge is 0.238 e. The summed E-state index contributed by atoms with van der Waals surface area (Å²) in [4.78, 5) is 0.0299. The third-order valence-electron chi connectivity index (χ3n) is 4.92. The molecule has 30 heavy (non-hydrogen) atoms. The van der Waals surface area contributed by atoms with Crippen LogP contribution in [0.1, 0.15) is 35.1 Å². The zero-order chi connectivity index (χ0) is 21.6. The SMILES string of the molecule is Nc1ccc(S(N)(=O)=O)c(CCCCF)c1C=C(c1ccccc1)c1ccccc1. The van der Waals surface area contributed by atoms with E-state index in [2.05, 4.69) is 0 Å². The molecule has 0 fully saturated rings. The molecule has 156 valence electrons. The van der Waals surface area contributed by atoms with Gasteiger partial charge < -0.3 is 5.73 Å². The van der Waals surface area contributed by atoms with Crippen molar-refractivity contribution in [3.8, 4) is 0 Å². The van der Waals surface area contributed by atoms with Gasteiger partial charge in [-0.25, -0.2) is 13.6 Å². The molecule has 0 aliphatic heterocycles. The number of sulfonamides is 1. The molecule has 0 radical (unpaired) electrons. The first-order chi connectivity index (χ1) is 14.4. The molecule has 6 heteroatoms. The molecule has 0 unspecified atom stereocenters. The second kappa shape index (κ2) is 9.69. The monoisotopic (exact) mass is 424 g/mol. The predicted octanol–water partition coefficient (Wildman–Crippen LogP) is 4.80. The number of alkyl halides is 1. The molecule has 0 aliphatic carbocycles. The molecular weight excluding hydrogens is 399 g/mol. The van der Waals surface area contributed by atoms with Crippen molar-refractivity contribution < 1.29 is 12.8 Å². The fourth-order valence-electron chi connectivity index (χ4n) is 3.47. The first-order valence-electron chi connectivity index (χ1n) is 9.74. The molecule has 3 aromatic rings. The van der Waals surface area contributed by atoms with Crippen LogP contribution in [0.15, 0.2) is 77.7 Å². The zero-order valence-electron chi connectivity index (χ0n) is 16.6. The van der Waals surface area contributed by atoms with Crippen molar-refractivity contribution >= 4 is 27.4 Å². The summed E-state index contributed by atoms with van der Waals surface area (Å²) in [6, 6.07) is 22.6. The van der Waals surface area contributed by atoms with Gasteiger partial charge in [-0.2, -0.15) is 0 Å². The average Bonchev–Trinajstić information content (AvgIpc) is 2.74. The van der Waals surface area contributed by atoms with Crippen molar-refractivity contribution in [3.63, 3.8) is 0 Å². The Bertz CT molecular complexity index is 1090. The standard InChI is InChI=1S/C24H25FN2O2S/c25-16-8-7-13-20-22(23(26)14-15-24(20)30(27,28)29)17-21(18-9-3-1-4-10-18)19-11-5-2-6-12-19/h1-6,9-12,14-15,17H,7-8,13,16,26H2,(H2,27,28,29). The van der Waals surface area contributed by atoms with E-state index in [-0.39, 0.29) is 4.90 Å². The van der Waals surface area contributed by atoms with E-state index in [0.29, 0.717) is 36.1 Å². The van der Waals surface area contributed by atoms with Gasteiger partial charge in [0.05, 0.1) is 11.6 Å². The molecule has 0 heterocycles. The first kappa shape index (κ1) is 21.7. The van der Waals surface area contributed by atoms with Gasteiger partial charge in [0.2, 0.25) is 10.0 Å². The predicted molar refractivity (Wildman–Crippen MR) is 121 cm³/mol. The van der Waals surface area contributed by atoms with Crippen LogP contribution in [0, 0.1) is 0 Å². The maximum absolute atomic E-state index is 12.7. The normalized spacial score (nSPS) is 11.3. The Morgan fingerprint density at radius 3 is 1.93 bits per heavy atom. The van der Waals surface area contributed by atoms with Crippen LogP contribution in [0.25, 0.3) is 11.6 Å². The lowest BCUT2D eigenvalue weighted by Crippen LogP contribution is -2.16. The van der Waals surface area contributed by atoms with E-state index in [0.717, 1.165) is 16.7 Å². The van der Waals surface area contributed by atoms with Gasteiger partial charge in [0.25, 0.3) is 0 Å². The minimum atomic E-state index is -3.95. The van der Waals surface area contributed by atoms with E-state index in [1.165, 1.54) is 6.07 Å². The topological polar surface area (TPSA) is 86.2 Å². The summed E-state index contributed by atoms with van der Waals surface area (Å²) >= 11 is 0. The Morgan fingerprint density at radius 1 is 0.867 bits per heavy atom. The fourth-order valence-corrected chi connectivity index (χ4v) is 4.28. The third-order valence-corrected chi connectivity index (χ3v) is 5.92. The fraction of sp³-hybridized carbons (Fsp3) is 0.167. The number of anilines is 1. The summed E-state index contributed by atoms with van der Waals surface area (Å²) in [6.45, 7) is -0.461. The van der Waals surface area contributed by atoms with Crippen LogP contribution in [0.4, 0.5) is 10.1 Å². The van der Waals surface area contributed by atoms with Crippen molar-refractivity contribution in [3.05, 3.63) is 95.1 Å². The van der Waals surface area contributed by atoms with E-state index in [1.54, 1.807) is 6.07 Å². The molecular formula is C24H25FN2O2S. The molecule has 4 N–H and O–H groups in total. The van der Waals surface area contributed by atoms with Crippen LogP contribution in [0.2, 0.25) is 0 Å². The lowest BCUT2D eigenvalue weighted by molar-refractivity contribution is 0.461. The van der Waals surface area contributed by atoms with Gasteiger partial charge in [0, 0.05) is 11.3 Å². The number of nitrogen functional groups attached to an aromatic ring is 1. The molecule has 3 aromatic carbocycles. The van der Waals surface area contributed by atoms with Crippen molar-refractivity contribution in [2.24, 2.45) is 5.14 Å². The van der Waals surface area contributed by atoms with Crippen LogP contribution < -0.4 is 10.9 Å². The molecule has 0 bridgehead atoms. The highest BCUT2D eigenvalue weighted by molar-refractivity contribution is 7.89. The summed E-state index contributed by atoms with van der Waals surface area (Å²) < 4.78 is 37.1. The van der Waals surface area contributed by atoms with Gasteiger partial charge in [-0.3, -0.25) is 4.39 Å². The highest BCUT2D eigenvalue weighted by Gasteiger charge is 2.19. The third kappa shape index (κ3) is 5.14. The van der Waals surface area contributed by atoms with Crippen molar-refractivity contribution in [1.29, 1.82) is 0 Å². The largest absolute Gasteiger partial charge is 0.398 e. The van der Waals surface area contributed by atoms with Crippen LogP contribution in [0.5, 0.6) is 0 Å². The number of halogens is 1. The van der Waals surface area contributed by atoms with Crippen LogP contribution in [-0.2, 0) is 16.4 Å². The Kier molecular flexibility index (Phi) is 7.03. The van der Waals surface area contributed by atoms with Gasteiger partial charge in [0.1, 0.15) is 0 Å². The maximum Gasteiger partial charge on any atom is 0.238 e. The molecule has 4 nitrogen and oxygen atoms in total. The van der Waals surface area contributed by atoms with E-state index in [9.17, 15) is 12.8 Å². The zero-order valence-corrected chi connectivity index (χ0v) is 17.4. The van der Waals surface area contributed by atoms with E-state index < -0.39 is 16.7 Å². The van der Waals surface area contributed by atoms with Crippen molar-refractivity contribution in [2.45, 2.75) is 24.2 Å². The van der Waals surface area contributed by atoms with Crippen molar-refractivity contribution in [1.82, 2.24) is 0 Å². The molecule has 0 aromatic heterocycles. The van der Waals surface area contributed by atoms with Gasteiger partial charge in [-0.15, -0.1) is 0 Å². The summed E-state index contributed by atoms with van der Waals surface area (Å²) in [5.74, 6) is 0. The quantitative estimate of drug-likeness (QED) is 0.309.